The van der Waals surface area contributed by atoms with Gasteiger partial charge < -0.3 is 15.0 Å². The van der Waals surface area contributed by atoms with E-state index in [2.05, 4.69) is 53.5 Å². The molecule has 11 nitrogen and oxygen atoms in total. The van der Waals surface area contributed by atoms with E-state index in [1.54, 1.807) is 30.3 Å². The molecule has 2 aliphatic heterocycles. The summed E-state index contributed by atoms with van der Waals surface area (Å²) in [6.07, 6.45) is 5.43. The maximum atomic E-state index is 14.7. The van der Waals surface area contributed by atoms with Gasteiger partial charge in [0.05, 0.1) is 28.9 Å². The second-order valence-electron chi connectivity index (χ2n) is 14.3. The molecule has 2 heterocycles. The Labute approximate surface area is 274 Å². The van der Waals surface area contributed by atoms with Gasteiger partial charge in [-0.1, -0.05) is 26.8 Å². The summed E-state index contributed by atoms with van der Waals surface area (Å²) in [7, 11) is -8.05. The Kier molecular flexibility index (Phi) is 9.41. The van der Waals surface area contributed by atoms with E-state index < -0.39 is 39.9 Å². The molecule has 252 valence electrons. The third kappa shape index (κ3) is 7.45. The van der Waals surface area contributed by atoms with Crippen LogP contribution in [0.15, 0.2) is 51.4 Å². The number of hydrogen-bond acceptors (Lipinski definition) is 8. The number of hydrogen-bond donors (Lipinski definition) is 2. The normalized spacial score (nSPS) is 19.5. The number of piperidine rings is 1. The molecule has 1 aliphatic carbocycles. The zero-order valence-electron chi connectivity index (χ0n) is 27.7. The fourth-order valence-electron chi connectivity index (χ4n) is 5.56. The van der Waals surface area contributed by atoms with Gasteiger partial charge in [-0.3, -0.25) is 18.3 Å². The van der Waals surface area contributed by atoms with E-state index in [9.17, 15) is 22.2 Å². The SMILES string of the molecule is COC(=O)CS(=O)(=O)Nc1ccc(C(=O)Nc2cccc(S(=O)(=N[Si](C)(C)C(C)(C)C)N3CCC3)c2)c(N2CCC3(CC2)CC3)c1. The van der Waals surface area contributed by atoms with E-state index in [0.717, 1.165) is 39.5 Å². The Bertz CT molecular complexity index is 1730. The van der Waals surface area contributed by atoms with Gasteiger partial charge in [-0.15, -0.1) is 0 Å². The van der Waals surface area contributed by atoms with Crippen LogP contribution in [0.4, 0.5) is 17.1 Å². The van der Waals surface area contributed by atoms with Gasteiger partial charge in [0.25, 0.3) is 5.91 Å². The summed E-state index contributed by atoms with van der Waals surface area (Å²) in [6.45, 7) is 13.7. The van der Waals surface area contributed by atoms with E-state index in [-0.39, 0.29) is 16.6 Å². The van der Waals surface area contributed by atoms with Crippen molar-refractivity contribution in [2.75, 3.05) is 54.0 Å². The minimum absolute atomic E-state index is 0.0873. The summed E-state index contributed by atoms with van der Waals surface area (Å²) in [4.78, 5) is 28.2. The maximum absolute atomic E-state index is 14.7. The zero-order valence-corrected chi connectivity index (χ0v) is 30.4. The molecule has 46 heavy (non-hydrogen) atoms. The van der Waals surface area contributed by atoms with Crippen molar-refractivity contribution < 1.29 is 27.0 Å². The fraction of sp³-hybridized carbons (Fsp3) is 0.562. The average molecular weight is 690 g/mol. The molecule has 5 rings (SSSR count). The van der Waals surface area contributed by atoms with Crippen LogP contribution in [0.5, 0.6) is 0 Å². The summed E-state index contributed by atoms with van der Waals surface area (Å²) >= 11 is 0. The molecular weight excluding hydrogens is 643 g/mol. The molecule has 2 N–H and O–H groups in total. The van der Waals surface area contributed by atoms with Gasteiger partial charge in [-0.2, -0.15) is 0 Å². The lowest BCUT2D eigenvalue weighted by molar-refractivity contribution is -0.137. The molecular formula is C32H47N5O6S2Si. The van der Waals surface area contributed by atoms with Gasteiger partial charge in [-0.05, 0) is 92.0 Å². The molecule has 2 aromatic carbocycles. The maximum Gasteiger partial charge on any atom is 0.322 e. The number of rotatable bonds is 10. The van der Waals surface area contributed by atoms with E-state index in [1.165, 1.54) is 18.9 Å². The number of sulfonamides is 1. The van der Waals surface area contributed by atoms with Gasteiger partial charge in [0, 0.05) is 31.9 Å². The van der Waals surface area contributed by atoms with Crippen LogP contribution in [0.25, 0.3) is 0 Å². The van der Waals surface area contributed by atoms with E-state index >= 15 is 0 Å². The monoisotopic (exact) mass is 689 g/mol. The zero-order chi connectivity index (χ0) is 33.5. The highest BCUT2D eigenvalue weighted by Crippen LogP contribution is 2.54. The van der Waals surface area contributed by atoms with Crippen LogP contribution < -0.4 is 14.9 Å². The first-order valence-corrected chi connectivity index (χ1v) is 21.9. The van der Waals surface area contributed by atoms with Crippen molar-refractivity contribution in [2.24, 2.45) is 9.44 Å². The number of esters is 1. The highest BCUT2D eigenvalue weighted by atomic mass is 32.2. The lowest BCUT2D eigenvalue weighted by atomic mass is 9.93. The number of anilines is 3. The van der Waals surface area contributed by atoms with Crippen molar-refractivity contribution >= 4 is 57.1 Å². The number of amides is 1. The minimum atomic E-state index is -4.01. The van der Waals surface area contributed by atoms with Crippen molar-refractivity contribution in [3.05, 3.63) is 48.0 Å². The molecule has 0 radical (unpaired) electrons. The summed E-state index contributed by atoms with van der Waals surface area (Å²) in [5.74, 6) is -2.04. The average Bonchev–Trinajstić information content (AvgIpc) is 3.69. The Morgan fingerprint density at radius 2 is 1.63 bits per heavy atom. The molecule has 3 fully saturated rings. The van der Waals surface area contributed by atoms with Crippen LogP contribution >= 0.6 is 0 Å². The molecule has 3 aliphatic rings. The predicted octanol–water partition coefficient (Wildman–Crippen LogP) is 5.69. The molecule has 1 saturated carbocycles. The summed E-state index contributed by atoms with van der Waals surface area (Å²) < 4.78 is 53.9. The highest BCUT2D eigenvalue weighted by Gasteiger charge is 2.45. The Balaban J connectivity index is 1.45. The van der Waals surface area contributed by atoms with Crippen molar-refractivity contribution in [3.63, 3.8) is 0 Å². The molecule has 2 saturated heterocycles. The lowest BCUT2D eigenvalue weighted by Gasteiger charge is -2.38. The van der Waals surface area contributed by atoms with Crippen molar-refractivity contribution in [1.82, 2.24) is 4.31 Å². The van der Waals surface area contributed by atoms with E-state index in [1.807, 2.05) is 10.4 Å². The molecule has 0 aromatic heterocycles. The van der Waals surface area contributed by atoms with Crippen molar-refractivity contribution in [2.45, 2.75) is 75.9 Å². The number of nitrogens with zero attached hydrogens (tertiary/aromatic N) is 3. The number of nitrogens with one attached hydrogen (secondary N) is 2. The lowest BCUT2D eigenvalue weighted by Crippen LogP contribution is -2.45. The third-order valence-corrected chi connectivity index (χ3v) is 19.5. The highest BCUT2D eigenvalue weighted by molar-refractivity contribution is 7.93. The van der Waals surface area contributed by atoms with Crippen LogP contribution in [0, 0.1) is 5.41 Å². The molecule has 1 amide bonds. The molecule has 1 spiro atoms. The van der Waals surface area contributed by atoms with Crippen molar-refractivity contribution in [3.8, 4) is 0 Å². The standard InChI is InChI=1S/C32H47N5O6S2Si/c1-31(2,3)46(5,6)35-45(42,37-17-8-18-37)26-10-7-9-24(21-26)33-30(39)27-12-11-25(34-44(40,41)23-29(38)43-4)22-28(27)36-19-15-32(13-14-32)16-20-36/h7,9-12,21-22,34H,8,13-20,23H2,1-6H3,(H,33,39). The van der Waals surface area contributed by atoms with Crippen molar-refractivity contribution in [1.29, 1.82) is 0 Å². The van der Waals surface area contributed by atoms with Gasteiger partial charge >= 0.3 is 5.97 Å². The number of carbonyl (C=O) groups is 2. The van der Waals surface area contributed by atoms with Crippen LogP contribution in [-0.2, 0) is 29.5 Å². The number of ether oxygens (including phenoxy) is 1. The second-order valence-corrected chi connectivity index (χ2v) is 23.4. The number of benzene rings is 2. The van der Waals surface area contributed by atoms with Crippen LogP contribution in [0.3, 0.4) is 0 Å². The van der Waals surface area contributed by atoms with Gasteiger partial charge in [-0.25, -0.2) is 16.9 Å². The summed E-state index contributed by atoms with van der Waals surface area (Å²) in [5, 5.41) is 2.92. The Morgan fingerprint density at radius 3 is 2.20 bits per heavy atom. The van der Waals surface area contributed by atoms with Crippen LogP contribution in [0.1, 0.15) is 63.2 Å². The molecule has 14 heteroatoms. The van der Waals surface area contributed by atoms with E-state index in [0.29, 0.717) is 40.3 Å². The largest absolute Gasteiger partial charge is 0.468 e. The van der Waals surface area contributed by atoms with Gasteiger partial charge in [0.15, 0.2) is 14.0 Å². The molecule has 1 atom stereocenters. The first kappa shape index (κ1) is 34.4. The van der Waals surface area contributed by atoms with E-state index in [4.69, 9.17) is 4.03 Å². The topological polar surface area (TPSA) is 137 Å². The quantitative estimate of drug-likeness (QED) is 0.242. The smallest absolute Gasteiger partial charge is 0.322 e. The number of carbonyl (C=O) groups excluding carboxylic acids is 2. The van der Waals surface area contributed by atoms with Gasteiger partial charge in [0.2, 0.25) is 10.0 Å². The third-order valence-electron chi connectivity index (χ3n) is 9.92. The summed E-state index contributed by atoms with van der Waals surface area (Å²) in [6, 6.07) is 11.9. The number of methoxy groups -OCH3 is 1. The molecule has 1 unspecified atom stereocenters. The predicted molar refractivity (Wildman–Crippen MR) is 186 cm³/mol. The first-order chi connectivity index (χ1) is 21.5. The molecule has 2 aromatic rings. The Morgan fingerprint density at radius 1 is 0.957 bits per heavy atom. The summed E-state index contributed by atoms with van der Waals surface area (Å²) in [5.41, 5.74) is 2.16. The minimum Gasteiger partial charge on any atom is -0.468 e. The first-order valence-electron chi connectivity index (χ1n) is 15.9. The van der Waals surface area contributed by atoms with Crippen LogP contribution in [-0.4, -0.2) is 76.1 Å². The fourth-order valence-corrected chi connectivity index (χ4v) is 12.6. The second kappa shape index (κ2) is 12.6. The molecule has 0 bridgehead atoms. The van der Waals surface area contributed by atoms with Gasteiger partial charge in [0.1, 0.15) is 9.92 Å². The Hall–Kier alpha value is -2.94. The van der Waals surface area contributed by atoms with Crippen LogP contribution in [0.2, 0.25) is 18.1 Å².